The van der Waals surface area contributed by atoms with Crippen molar-refractivity contribution in [3.8, 4) is 0 Å². The van der Waals surface area contributed by atoms with Gasteiger partial charge < -0.3 is 10.6 Å². The molecule has 1 heterocycles. The van der Waals surface area contributed by atoms with E-state index in [1.165, 1.54) is 19.3 Å². The smallest absolute Gasteiger partial charge is 0.220 e. The summed E-state index contributed by atoms with van der Waals surface area (Å²) in [6, 6.07) is 0.356. The van der Waals surface area contributed by atoms with E-state index in [-0.39, 0.29) is 5.91 Å². The maximum Gasteiger partial charge on any atom is 0.220 e. The van der Waals surface area contributed by atoms with Crippen LogP contribution >= 0.6 is 0 Å². The highest BCUT2D eigenvalue weighted by atomic mass is 16.1. The highest BCUT2D eigenvalue weighted by Crippen LogP contribution is 2.06. The van der Waals surface area contributed by atoms with E-state index >= 15 is 0 Å². The van der Waals surface area contributed by atoms with E-state index in [1.54, 1.807) is 0 Å². The number of rotatable bonds is 3. The number of nitrogens with one attached hydrogen (secondary N) is 2. The Morgan fingerprint density at radius 3 is 3.07 bits per heavy atom. The summed E-state index contributed by atoms with van der Waals surface area (Å²) in [6.07, 6.45) is 6.53. The number of amides is 1. The highest BCUT2D eigenvalue weighted by Gasteiger charge is 2.12. The van der Waals surface area contributed by atoms with Gasteiger partial charge in [-0.15, -0.1) is 0 Å². The molecule has 1 atom stereocenters. The molecule has 1 unspecified atom stereocenters. The average molecular weight is 198 g/mol. The lowest BCUT2D eigenvalue weighted by Crippen LogP contribution is -2.43. The van der Waals surface area contributed by atoms with E-state index in [0.717, 1.165) is 25.9 Å². The Labute approximate surface area is 86.6 Å². The maximum absolute atomic E-state index is 11.4. The first-order valence-corrected chi connectivity index (χ1v) is 5.83. The highest BCUT2D eigenvalue weighted by molar-refractivity contribution is 5.76. The molecule has 0 aromatic heterocycles. The van der Waals surface area contributed by atoms with Crippen molar-refractivity contribution in [2.75, 3.05) is 13.1 Å². The molecule has 3 heteroatoms. The minimum absolute atomic E-state index is 0.208. The minimum atomic E-state index is 0.208. The third-order valence-corrected chi connectivity index (χ3v) is 2.64. The van der Waals surface area contributed by atoms with Gasteiger partial charge in [-0.1, -0.05) is 19.8 Å². The molecule has 14 heavy (non-hydrogen) atoms. The fraction of sp³-hybridized carbons (Fsp3) is 0.909. The van der Waals surface area contributed by atoms with Gasteiger partial charge in [0.05, 0.1) is 0 Å². The third kappa shape index (κ3) is 4.61. The molecule has 1 aliphatic heterocycles. The molecule has 0 aromatic rings. The van der Waals surface area contributed by atoms with Crippen LogP contribution in [0.3, 0.4) is 0 Å². The summed E-state index contributed by atoms with van der Waals surface area (Å²) < 4.78 is 0. The van der Waals surface area contributed by atoms with E-state index in [0.29, 0.717) is 12.5 Å². The largest absolute Gasteiger partial charge is 0.352 e. The van der Waals surface area contributed by atoms with Crippen molar-refractivity contribution in [3.63, 3.8) is 0 Å². The summed E-state index contributed by atoms with van der Waals surface area (Å²) in [5, 5.41) is 6.46. The molecule has 1 aliphatic rings. The van der Waals surface area contributed by atoms with Crippen LogP contribution in [-0.4, -0.2) is 25.0 Å². The van der Waals surface area contributed by atoms with Gasteiger partial charge in [0.15, 0.2) is 0 Å². The van der Waals surface area contributed by atoms with Crippen LogP contribution < -0.4 is 10.6 Å². The van der Waals surface area contributed by atoms with Gasteiger partial charge in [0.1, 0.15) is 0 Å². The zero-order chi connectivity index (χ0) is 10.2. The average Bonchev–Trinajstić information content (AvgIpc) is 2.10. The van der Waals surface area contributed by atoms with Gasteiger partial charge in [0, 0.05) is 19.0 Å². The van der Waals surface area contributed by atoms with E-state index in [9.17, 15) is 4.79 Å². The molecule has 1 fully saturated rings. The maximum atomic E-state index is 11.4. The van der Waals surface area contributed by atoms with Gasteiger partial charge in [-0.2, -0.15) is 0 Å². The topological polar surface area (TPSA) is 41.1 Å². The quantitative estimate of drug-likeness (QED) is 0.720. The molecular weight excluding hydrogens is 176 g/mol. The Hall–Kier alpha value is -0.570. The van der Waals surface area contributed by atoms with Crippen LogP contribution in [0.15, 0.2) is 0 Å². The van der Waals surface area contributed by atoms with Crippen LogP contribution in [0.5, 0.6) is 0 Å². The van der Waals surface area contributed by atoms with Crippen molar-refractivity contribution in [1.29, 1.82) is 0 Å². The van der Waals surface area contributed by atoms with Crippen LogP contribution in [0.4, 0.5) is 0 Å². The van der Waals surface area contributed by atoms with E-state index < -0.39 is 0 Å². The summed E-state index contributed by atoms with van der Waals surface area (Å²) in [6.45, 7) is 4.07. The van der Waals surface area contributed by atoms with Gasteiger partial charge in [-0.25, -0.2) is 0 Å². The van der Waals surface area contributed by atoms with E-state index in [2.05, 4.69) is 10.6 Å². The molecule has 1 saturated heterocycles. The second-order valence-electron chi connectivity index (χ2n) is 4.07. The number of carbonyl (C=O) groups excluding carboxylic acids is 1. The molecule has 0 radical (unpaired) electrons. The lowest BCUT2D eigenvalue weighted by Gasteiger charge is -2.21. The van der Waals surface area contributed by atoms with Gasteiger partial charge in [-0.3, -0.25) is 4.79 Å². The van der Waals surface area contributed by atoms with Crippen LogP contribution in [0.2, 0.25) is 0 Å². The predicted octanol–water partition coefficient (Wildman–Crippen LogP) is 1.43. The second-order valence-corrected chi connectivity index (χ2v) is 4.07. The molecule has 2 N–H and O–H groups in total. The van der Waals surface area contributed by atoms with Crippen LogP contribution in [0.25, 0.3) is 0 Å². The Morgan fingerprint density at radius 2 is 2.29 bits per heavy atom. The molecule has 3 nitrogen and oxygen atoms in total. The van der Waals surface area contributed by atoms with Gasteiger partial charge in [-0.05, 0) is 25.8 Å². The third-order valence-electron chi connectivity index (χ3n) is 2.64. The molecule has 1 rings (SSSR count). The Bertz CT molecular complexity index is 163. The second kappa shape index (κ2) is 6.82. The fourth-order valence-electron chi connectivity index (χ4n) is 1.85. The van der Waals surface area contributed by atoms with Crippen molar-refractivity contribution >= 4 is 5.91 Å². The zero-order valence-corrected chi connectivity index (χ0v) is 9.14. The molecule has 0 aromatic carbocycles. The van der Waals surface area contributed by atoms with Crippen molar-refractivity contribution in [2.45, 2.75) is 51.5 Å². The molecule has 0 bridgehead atoms. The van der Waals surface area contributed by atoms with Gasteiger partial charge >= 0.3 is 0 Å². The molecular formula is C11H22N2O. The fourth-order valence-corrected chi connectivity index (χ4v) is 1.85. The van der Waals surface area contributed by atoms with Gasteiger partial charge in [0.2, 0.25) is 5.91 Å². The molecule has 0 spiro atoms. The zero-order valence-electron chi connectivity index (χ0n) is 9.14. The van der Waals surface area contributed by atoms with Crippen molar-refractivity contribution in [1.82, 2.24) is 10.6 Å². The van der Waals surface area contributed by atoms with E-state index in [1.807, 2.05) is 6.92 Å². The summed E-state index contributed by atoms with van der Waals surface area (Å²) in [7, 11) is 0. The normalized spacial score (nSPS) is 23.6. The lowest BCUT2D eigenvalue weighted by molar-refractivity contribution is -0.121. The molecule has 0 aliphatic carbocycles. The first kappa shape index (κ1) is 11.5. The SMILES string of the molecule is CCCC(=O)NC1CCCCCNC1. The number of hydrogen-bond donors (Lipinski definition) is 2. The van der Waals surface area contributed by atoms with Crippen LogP contribution in [0.1, 0.15) is 45.4 Å². The number of hydrogen-bond acceptors (Lipinski definition) is 2. The molecule has 82 valence electrons. The predicted molar refractivity (Wildman–Crippen MR) is 58.2 cm³/mol. The van der Waals surface area contributed by atoms with Crippen LogP contribution in [0, 0.1) is 0 Å². The summed E-state index contributed by atoms with van der Waals surface area (Å²) in [5.74, 6) is 0.208. The Kier molecular flexibility index (Phi) is 5.60. The number of carbonyl (C=O) groups is 1. The van der Waals surface area contributed by atoms with Gasteiger partial charge in [0.25, 0.3) is 0 Å². The summed E-state index contributed by atoms with van der Waals surface area (Å²) in [5.41, 5.74) is 0. The molecule has 0 saturated carbocycles. The Balaban J connectivity index is 2.22. The van der Waals surface area contributed by atoms with Crippen molar-refractivity contribution < 1.29 is 4.79 Å². The van der Waals surface area contributed by atoms with Crippen LogP contribution in [-0.2, 0) is 4.79 Å². The van der Waals surface area contributed by atoms with Crippen molar-refractivity contribution in [3.05, 3.63) is 0 Å². The molecule has 1 amide bonds. The first-order valence-electron chi connectivity index (χ1n) is 5.83. The summed E-state index contributed by atoms with van der Waals surface area (Å²) >= 11 is 0. The van der Waals surface area contributed by atoms with E-state index in [4.69, 9.17) is 0 Å². The minimum Gasteiger partial charge on any atom is -0.352 e. The lowest BCUT2D eigenvalue weighted by atomic mass is 10.1. The van der Waals surface area contributed by atoms with Crippen molar-refractivity contribution in [2.24, 2.45) is 0 Å². The summed E-state index contributed by atoms with van der Waals surface area (Å²) in [4.78, 5) is 11.4. The monoisotopic (exact) mass is 198 g/mol. The Morgan fingerprint density at radius 1 is 1.43 bits per heavy atom. The first-order chi connectivity index (χ1) is 6.83. The standard InChI is InChI=1S/C11H22N2O/c1-2-6-11(14)13-10-7-4-3-5-8-12-9-10/h10,12H,2-9H2,1H3,(H,13,14).